The first-order chi connectivity index (χ1) is 6.07. The van der Waals surface area contributed by atoms with Crippen molar-refractivity contribution in [2.24, 2.45) is 11.7 Å². The van der Waals surface area contributed by atoms with Crippen LogP contribution in [0.5, 0.6) is 0 Å². The first-order valence-corrected chi connectivity index (χ1v) is 5.52. The molecular formula is C11H26N2. The van der Waals surface area contributed by atoms with E-state index in [0.717, 1.165) is 13.0 Å². The van der Waals surface area contributed by atoms with Gasteiger partial charge in [-0.25, -0.2) is 0 Å². The van der Waals surface area contributed by atoms with Crippen molar-refractivity contribution < 1.29 is 0 Å². The van der Waals surface area contributed by atoms with E-state index in [0.29, 0.717) is 12.0 Å². The number of unbranched alkanes of at least 4 members (excludes halogenated alkanes) is 1. The molecule has 0 aliphatic rings. The van der Waals surface area contributed by atoms with Gasteiger partial charge < -0.3 is 10.6 Å². The van der Waals surface area contributed by atoms with E-state index in [1.807, 2.05) is 0 Å². The van der Waals surface area contributed by atoms with Crippen LogP contribution in [-0.4, -0.2) is 31.1 Å². The van der Waals surface area contributed by atoms with E-state index in [1.54, 1.807) is 0 Å². The van der Waals surface area contributed by atoms with Crippen molar-refractivity contribution in [3.05, 3.63) is 0 Å². The van der Waals surface area contributed by atoms with Crippen LogP contribution in [0.15, 0.2) is 0 Å². The van der Waals surface area contributed by atoms with Crippen molar-refractivity contribution in [1.82, 2.24) is 4.90 Å². The molecule has 0 saturated carbocycles. The lowest BCUT2D eigenvalue weighted by Gasteiger charge is -2.20. The van der Waals surface area contributed by atoms with E-state index in [9.17, 15) is 0 Å². The summed E-state index contributed by atoms with van der Waals surface area (Å²) in [4.78, 5) is 2.38. The van der Waals surface area contributed by atoms with Gasteiger partial charge in [0.15, 0.2) is 0 Å². The molecule has 0 rings (SSSR count). The average Bonchev–Trinajstić information content (AvgIpc) is 2.10. The second kappa shape index (κ2) is 7.34. The third kappa shape index (κ3) is 7.03. The predicted molar refractivity (Wildman–Crippen MR) is 59.8 cm³/mol. The predicted octanol–water partition coefficient (Wildman–Crippen LogP) is 2.09. The summed E-state index contributed by atoms with van der Waals surface area (Å²) in [5, 5.41) is 0. The van der Waals surface area contributed by atoms with Gasteiger partial charge in [-0.15, -0.1) is 0 Å². The van der Waals surface area contributed by atoms with Crippen LogP contribution in [0, 0.1) is 5.92 Å². The Kier molecular flexibility index (Phi) is 7.29. The summed E-state index contributed by atoms with van der Waals surface area (Å²) in [6.45, 7) is 8.96. The highest BCUT2D eigenvalue weighted by molar-refractivity contribution is 4.67. The Morgan fingerprint density at radius 2 is 1.85 bits per heavy atom. The molecular weight excluding hydrogens is 160 g/mol. The molecule has 1 atom stereocenters. The first kappa shape index (κ1) is 12.9. The van der Waals surface area contributed by atoms with Crippen LogP contribution in [0.25, 0.3) is 0 Å². The fraction of sp³-hybridized carbons (Fsp3) is 1.00. The molecule has 0 heterocycles. The van der Waals surface area contributed by atoms with Crippen molar-refractivity contribution >= 4 is 0 Å². The Hall–Kier alpha value is -0.0800. The molecule has 0 amide bonds. The molecule has 13 heavy (non-hydrogen) atoms. The number of nitrogens with zero attached hydrogens (tertiary/aromatic N) is 1. The van der Waals surface area contributed by atoms with Crippen LogP contribution in [0.2, 0.25) is 0 Å². The third-order valence-electron chi connectivity index (χ3n) is 2.59. The quantitative estimate of drug-likeness (QED) is 0.659. The van der Waals surface area contributed by atoms with Crippen LogP contribution in [-0.2, 0) is 0 Å². The molecule has 2 heteroatoms. The van der Waals surface area contributed by atoms with Crippen LogP contribution < -0.4 is 5.73 Å². The van der Waals surface area contributed by atoms with Gasteiger partial charge >= 0.3 is 0 Å². The van der Waals surface area contributed by atoms with Gasteiger partial charge in [0.25, 0.3) is 0 Å². The maximum Gasteiger partial charge on any atom is 0.00740 e. The van der Waals surface area contributed by atoms with E-state index < -0.39 is 0 Å². The zero-order valence-electron chi connectivity index (χ0n) is 9.71. The van der Waals surface area contributed by atoms with Crippen molar-refractivity contribution in [2.75, 3.05) is 20.1 Å². The SMILES string of the molecule is CCCCN(C)CC[C@@H](N)C(C)C. The van der Waals surface area contributed by atoms with Gasteiger partial charge in [0.05, 0.1) is 0 Å². The molecule has 0 radical (unpaired) electrons. The molecule has 0 bridgehead atoms. The monoisotopic (exact) mass is 186 g/mol. The van der Waals surface area contributed by atoms with Gasteiger partial charge in [-0.2, -0.15) is 0 Å². The highest BCUT2D eigenvalue weighted by Crippen LogP contribution is 2.03. The zero-order chi connectivity index (χ0) is 10.3. The lowest BCUT2D eigenvalue weighted by molar-refractivity contribution is 0.298. The van der Waals surface area contributed by atoms with Crippen LogP contribution in [0.1, 0.15) is 40.0 Å². The van der Waals surface area contributed by atoms with E-state index >= 15 is 0 Å². The number of nitrogens with two attached hydrogens (primary N) is 1. The molecule has 0 aliphatic heterocycles. The van der Waals surface area contributed by atoms with Crippen molar-refractivity contribution in [3.8, 4) is 0 Å². The van der Waals surface area contributed by atoms with Crippen molar-refractivity contribution in [1.29, 1.82) is 0 Å². The minimum atomic E-state index is 0.365. The Balaban J connectivity index is 3.40. The highest BCUT2D eigenvalue weighted by atomic mass is 15.1. The third-order valence-corrected chi connectivity index (χ3v) is 2.59. The zero-order valence-corrected chi connectivity index (χ0v) is 9.71. The molecule has 0 aromatic heterocycles. The summed E-state index contributed by atoms with van der Waals surface area (Å²) >= 11 is 0. The van der Waals surface area contributed by atoms with Gasteiger partial charge in [0.2, 0.25) is 0 Å². The molecule has 0 spiro atoms. The molecule has 2 N–H and O–H groups in total. The topological polar surface area (TPSA) is 29.3 Å². The number of hydrogen-bond donors (Lipinski definition) is 1. The van der Waals surface area contributed by atoms with Gasteiger partial charge in [-0.1, -0.05) is 27.2 Å². The van der Waals surface area contributed by atoms with E-state index in [-0.39, 0.29) is 0 Å². The second-order valence-electron chi connectivity index (χ2n) is 4.35. The lowest BCUT2D eigenvalue weighted by Crippen LogP contribution is -2.32. The van der Waals surface area contributed by atoms with Gasteiger partial charge in [0.1, 0.15) is 0 Å². The molecule has 0 fully saturated rings. The molecule has 0 aromatic rings. The minimum Gasteiger partial charge on any atom is -0.327 e. The Bertz CT molecular complexity index is 113. The summed E-state index contributed by atoms with van der Waals surface area (Å²) in [5.74, 6) is 0.611. The van der Waals surface area contributed by atoms with E-state index in [4.69, 9.17) is 5.73 Å². The summed E-state index contributed by atoms with van der Waals surface area (Å²) in [5.41, 5.74) is 5.97. The fourth-order valence-electron chi connectivity index (χ4n) is 1.24. The Morgan fingerprint density at radius 3 is 2.31 bits per heavy atom. The first-order valence-electron chi connectivity index (χ1n) is 5.52. The second-order valence-corrected chi connectivity index (χ2v) is 4.35. The summed E-state index contributed by atoms with van der Waals surface area (Å²) in [6, 6.07) is 0.365. The molecule has 0 saturated heterocycles. The molecule has 0 aromatic carbocycles. The standard InChI is InChI=1S/C11H26N2/c1-5-6-8-13(4)9-7-11(12)10(2)3/h10-11H,5-9,12H2,1-4H3/t11-/m1/s1. The van der Waals surface area contributed by atoms with Crippen LogP contribution in [0.4, 0.5) is 0 Å². The van der Waals surface area contributed by atoms with E-state index in [1.165, 1.54) is 19.4 Å². The normalized spacial score (nSPS) is 14.1. The summed E-state index contributed by atoms with van der Waals surface area (Å²) in [6.07, 6.45) is 3.70. The lowest BCUT2D eigenvalue weighted by atomic mass is 10.0. The van der Waals surface area contributed by atoms with E-state index in [2.05, 4.69) is 32.7 Å². The van der Waals surface area contributed by atoms with Gasteiger partial charge in [-0.05, 0) is 38.9 Å². The largest absolute Gasteiger partial charge is 0.327 e. The van der Waals surface area contributed by atoms with Crippen molar-refractivity contribution in [2.45, 2.75) is 46.1 Å². The molecule has 80 valence electrons. The molecule has 0 unspecified atom stereocenters. The number of rotatable bonds is 7. The Labute approximate surface area is 83.5 Å². The summed E-state index contributed by atoms with van der Waals surface area (Å²) in [7, 11) is 2.18. The maximum absolute atomic E-state index is 5.97. The highest BCUT2D eigenvalue weighted by Gasteiger charge is 2.08. The molecule has 2 nitrogen and oxygen atoms in total. The minimum absolute atomic E-state index is 0.365. The maximum atomic E-state index is 5.97. The summed E-state index contributed by atoms with van der Waals surface area (Å²) < 4.78 is 0. The number of hydrogen-bond acceptors (Lipinski definition) is 2. The smallest absolute Gasteiger partial charge is 0.00740 e. The molecule has 0 aliphatic carbocycles. The van der Waals surface area contributed by atoms with Gasteiger partial charge in [-0.3, -0.25) is 0 Å². The fourth-order valence-corrected chi connectivity index (χ4v) is 1.24. The van der Waals surface area contributed by atoms with Crippen molar-refractivity contribution in [3.63, 3.8) is 0 Å². The van der Waals surface area contributed by atoms with Gasteiger partial charge in [0, 0.05) is 6.04 Å². The average molecular weight is 186 g/mol. The van der Waals surface area contributed by atoms with Crippen LogP contribution in [0.3, 0.4) is 0 Å². The van der Waals surface area contributed by atoms with Crippen LogP contribution >= 0.6 is 0 Å². The Morgan fingerprint density at radius 1 is 1.23 bits per heavy atom.